The summed E-state index contributed by atoms with van der Waals surface area (Å²) in [7, 11) is 1.56. The van der Waals surface area contributed by atoms with Gasteiger partial charge in [0.1, 0.15) is 16.9 Å². The number of rotatable bonds is 8. The number of aromatic nitrogens is 1. The molecule has 1 fully saturated rings. The first-order valence-corrected chi connectivity index (χ1v) is 12.0. The van der Waals surface area contributed by atoms with Crippen molar-refractivity contribution in [2.45, 2.75) is 70.5 Å². The Kier molecular flexibility index (Phi) is 9.39. The van der Waals surface area contributed by atoms with E-state index in [0.717, 1.165) is 38.5 Å². The number of methoxy groups -OCH3 is 1. The maximum atomic E-state index is 13.2. The lowest BCUT2D eigenvalue weighted by Gasteiger charge is -2.21. The number of carbonyl (C=O) groups is 2. The molecule has 2 amide bonds. The molecule has 1 aromatic heterocycles. The topological polar surface area (TPSA) is 89.4 Å². The van der Waals surface area contributed by atoms with Crippen molar-refractivity contribution < 1.29 is 18.7 Å². The van der Waals surface area contributed by atoms with E-state index in [9.17, 15) is 18.8 Å². The molecule has 0 bridgehead atoms. The summed E-state index contributed by atoms with van der Waals surface area (Å²) in [6, 6.07) is 5.36. The van der Waals surface area contributed by atoms with Crippen LogP contribution in [0, 0.1) is 5.82 Å². The number of amides is 2. The van der Waals surface area contributed by atoms with Crippen molar-refractivity contribution in [2.75, 3.05) is 13.7 Å². The number of hydrogen-bond acceptors (Lipinski definition) is 4. The Morgan fingerprint density at radius 1 is 1.03 bits per heavy atom. The molecule has 2 aromatic rings. The molecule has 2 N–H and O–H groups in total. The lowest BCUT2D eigenvalue weighted by molar-refractivity contribution is 0.0928. The summed E-state index contributed by atoms with van der Waals surface area (Å²) in [5, 5.41) is 5.80. The molecule has 0 spiro atoms. The van der Waals surface area contributed by atoms with E-state index in [1.807, 2.05) is 0 Å². The summed E-state index contributed by atoms with van der Waals surface area (Å²) in [5.74, 6) is -1.41. The average molecular weight is 472 g/mol. The Labute approximate surface area is 199 Å². The van der Waals surface area contributed by atoms with Crippen molar-refractivity contribution in [3.63, 3.8) is 0 Å². The number of hydrogen-bond donors (Lipinski definition) is 2. The van der Waals surface area contributed by atoms with Crippen LogP contribution < -0.4 is 16.1 Å². The Morgan fingerprint density at radius 3 is 2.24 bits per heavy atom. The van der Waals surface area contributed by atoms with E-state index < -0.39 is 23.3 Å². The maximum absolute atomic E-state index is 13.2. The average Bonchev–Trinajstić information content (AvgIpc) is 2.80. The Balaban J connectivity index is 1.83. The van der Waals surface area contributed by atoms with Crippen LogP contribution in [0.2, 0.25) is 0 Å². The zero-order valence-corrected chi connectivity index (χ0v) is 19.9. The summed E-state index contributed by atoms with van der Waals surface area (Å²) < 4.78 is 20.0. The first-order chi connectivity index (χ1) is 16.4. The van der Waals surface area contributed by atoms with E-state index in [0.29, 0.717) is 18.7 Å². The summed E-state index contributed by atoms with van der Waals surface area (Å²) in [6.45, 7) is 2.49. The van der Waals surface area contributed by atoms with Gasteiger partial charge in [-0.1, -0.05) is 44.2 Å². The summed E-state index contributed by atoms with van der Waals surface area (Å²) in [5.41, 5.74) is -0.0796. The third kappa shape index (κ3) is 7.00. The maximum Gasteiger partial charge on any atom is 0.257 e. The van der Waals surface area contributed by atoms with E-state index in [1.54, 1.807) is 30.7 Å². The molecule has 1 heterocycles. The summed E-state index contributed by atoms with van der Waals surface area (Å²) in [6.07, 6.45) is 10.3. The molecule has 0 radical (unpaired) electrons. The van der Waals surface area contributed by atoms with Crippen LogP contribution in [0.3, 0.4) is 0 Å². The molecule has 8 heteroatoms. The van der Waals surface area contributed by atoms with Gasteiger partial charge in [0.2, 0.25) is 5.43 Å². The van der Waals surface area contributed by atoms with Crippen molar-refractivity contribution in [2.24, 2.45) is 0 Å². The standard InChI is InChI=1S/C26H34FN3O4/c1-18(19-10-12-20(27)13-11-19)28-25(32)22-16-30(14-15-34-2)17-23(24(22)31)26(33)29-21-8-6-4-3-5-7-9-21/h10-13,16-18,21H,3-9,14-15H2,1-2H3,(H,28,32)(H,29,33)/t18-/m1/s1. The molecule has 1 aliphatic rings. The van der Waals surface area contributed by atoms with Crippen LogP contribution in [0.4, 0.5) is 4.39 Å². The zero-order chi connectivity index (χ0) is 24.5. The first kappa shape index (κ1) is 25.6. The van der Waals surface area contributed by atoms with Gasteiger partial charge in [-0.15, -0.1) is 0 Å². The number of nitrogens with zero attached hydrogens (tertiary/aromatic N) is 1. The van der Waals surface area contributed by atoms with Crippen LogP contribution in [0.1, 0.15) is 84.2 Å². The fraction of sp³-hybridized carbons (Fsp3) is 0.500. The second kappa shape index (κ2) is 12.5. The van der Waals surface area contributed by atoms with E-state index in [-0.39, 0.29) is 23.0 Å². The van der Waals surface area contributed by atoms with Crippen molar-refractivity contribution in [1.29, 1.82) is 0 Å². The largest absolute Gasteiger partial charge is 0.383 e. The van der Waals surface area contributed by atoms with E-state index in [2.05, 4.69) is 10.6 Å². The van der Waals surface area contributed by atoms with E-state index in [4.69, 9.17) is 4.74 Å². The Hall–Kier alpha value is -3.00. The monoisotopic (exact) mass is 471 g/mol. The highest BCUT2D eigenvalue weighted by atomic mass is 19.1. The predicted molar refractivity (Wildman–Crippen MR) is 128 cm³/mol. The number of ether oxygens (including phenoxy) is 1. The van der Waals surface area contributed by atoms with Crippen LogP contribution >= 0.6 is 0 Å². The highest BCUT2D eigenvalue weighted by molar-refractivity contribution is 5.99. The quantitative estimate of drug-likeness (QED) is 0.610. The van der Waals surface area contributed by atoms with E-state index >= 15 is 0 Å². The van der Waals surface area contributed by atoms with Gasteiger partial charge in [0.15, 0.2) is 0 Å². The number of pyridine rings is 1. The molecule has 7 nitrogen and oxygen atoms in total. The molecule has 1 aromatic carbocycles. The van der Waals surface area contributed by atoms with Gasteiger partial charge < -0.3 is 19.9 Å². The minimum absolute atomic E-state index is 0.0237. The van der Waals surface area contributed by atoms with Crippen molar-refractivity contribution in [3.05, 3.63) is 69.4 Å². The van der Waals surface area contributed by atoms with Crippen molar-refractivity contribution in [1.82, 2.24) is 15.2 Å². The Morgan fingerprint density at radius 2 is 1.62 bits per heavy atom. The van der Waals surface area contributed by atoms with Crippen LogP contribution in [0.15, 0.2) is 41.5 Å². The molecule has 184 valence electrons. The lowest BCUT2D eigenvalue weighted by atomic mass is 9.96. The van der Waals surface area contributed by atoms with Crippen LogP contribution in [-0.4, -0.2) is 36.1 Å². The zero-order valence-electron chi connectivity index (χ0n) is 19.9. The second-order valence-electron chi connectivity index (χ2n) is 8.91. The van der Waals surface area contributed by atoms with Gasteiger partial charge in [0.25, 0.3) is 11.8 Å². The van der Waals surface area contributed by atoms with Crippen LogP contribution in [-0.2, 0) is 11.3 Å². The summed E-state index contributed by atoms with van der Waals surface area (Å²) in [4.78, 5) is 39.3. The van der Waals surface area contributed by atoms with Gasteiger partial charge in [-0.2, -0.15) is 0 Å². The van der Waals surface area contributed by atoms with Gasteiger partial charge in [-0.05, 0) is 37.5 Å². The molecule has 34 heavy (non-hydrogen) atoms. The number of benzene rings is 1. The molecular weight excluding hydrogens is 437 g/mol. The van der Waals surface area contributed by atoms with Crippen LogP contribution in [0.5, 0.6) is 0 Å². The molecule has 1 atom stereocenters. The van der Waals surface area contributed by atoms with Crippen molar-refractivity contribution in [3.8, 4) is 0 Å². The molecule has 1 saturated carbocycles. The lowest BCUT2D eigenvalue weighted by Crippen LogP contribution is -2.40. The highest BCUT2D eigenvalue weighted by Crippen LogP contribution is 2.18. The minimum atomic E-state index is -0.610. The second-order valence-corrected chi connectivity index (χ2v) is 8.91. The fourth-order valence-corrected chi connectivity index (χ4v) is 4.25. The van der Waals surface area contributed by atoms with Crippen LogP contribution in [0.25, 0.3) is 0 Å². The number of nitrogens with one attached hydrogen (secondary N) is 2. The van der Waals surface area contributed by atoms with Gasteiger partial charge in [0, 0.05) is 32.1 Å². The third-order valence-electron chi connectivity index (χ3n) is 6.28. The molecule has 0 saturated heterocycles. The first-order valence-electron chi connectivity index (χ1n) is 12.0. The number of carbonyl (C=O) groups excluding carboxylic acids is 2. The summed E-state index contributed by atoms with van der Waals surface area (Å²) >= 11 is 0. The third-order valence-corrected chi connectivity index (χ3v) is 6.28. The number of halogens is 1. The fourth-order valence-electron chi connectivity index (χ4n) is 4.25. The predicted octanol–water partition coefficient (Wildman–Crippen LogP) is 3.97. The molecule has 0 aliphatic heterocycles. The molecule has 0 unspecified atom stereocenters. The van der Waals surface area contributed by atoms with E-state index in [1.165, 1.54) is 30.9 Å². The minimum Gasteiger partial charge on any atom is -0.383 e. The Bertz CT molecular complexity index is 1030. The normalized spacial score (nSPS) is 15.7. The smallest absolute Gasteiger partial charge is 0.257 e. The molecular formula is C26H34FN3O4. The van der Waals surface area contributed by atoms with Gasteiger partial charge in [-0.25, -0.2) is 4.39 Å². The molecule has 3 rings (SSSR count). The SMILES string of the molecule is COCCn1cc(C(=O)NC2CCCCCCC2)c(=O)c(C(=O)N[C@H](C)c2ccc(F)cc2)c1. The van der Waals surface area contributed by atoms with Crippen molar-refractivity contribution >= 4 is 11.8 Å². The van der Waals surface area contributed by atoms with Gasteiger partial charge in [0.05, 0.1) is 12.6 Å². The highest BCUT2D eigenvalue weighted by Gasteiger charge is 2.23. The van der Waals surface area contributed by atoms with Gasteiger partial charge in [-0.3, -0.25) is 14.4 Å². The molecule has 1 aliphatic carbocycles. The van der Waals surface area contributed by atoms with Gasteiger partial charge >= 0.3 is 0 Å².